The van der Waals surface area contributed by atoms with Gasteiger partial charge in [-0.2, -0.15) is 5.10 Å². The summed E-state index contributed by atoms with van der Waals surface area (Å²) in [4.78, 5) is 12.5. The fourth-order valence-corrected chi connectivity index (χ4v) is 3.54. The van der Waals surface area contributed by atoms with E-state index >= 15 is 0 Å². The Morgan fingerprint density at radius 2 is 2.16 bits per heavy atom. The van der Waals surface area contributed by atoms with Crippen molar-refractivity contribution in [2.24, 2.45) is 0 Å². The summed E-state index contributed by atoms with van der Waals surface area (Å²) in [6.45, 7) is 4.41. The van der Waals surface area contributed by atoms with E-state index < -0.39 is 0 Å². The number of benzene rings is 2. The lowest BCUT2D eigenvalue weighted by Crippen LogP contribution is -2.31. The zero-order valence-corrected chi connectivity index (χ0v) is 14.5. The van der Waals surface area contributed by atoms with Crippen LogP contribution in [-0.4, -0.2) is 16.2 Å². The Hall–Kier alpha value is -2.82. The molecule has 128 valence electrons. The number of anilines is 1. The Labute approximate surface area is 146 Å². The van der Waals surface area contributed by atoms with Crippen molar-refractivity contribution in [3.63, 3.8) is 0 Å². The number of fused-ring (bicyclic) bond motifs is 2. The van der Waals surface area contributed by atoms with Crippen LogP contribution in [0.3, 0.4) is 0 Å². The van der Waals surface area contributed by atoms with Crippen LogP contribution in [0.4, 0.5) is 10.5 Å². The van der Waals surface area contributed by atoms with Crippen molar-refractivity contribution >= 4 is 22.6 Å². The molecule has 0 spiro atoms. The summed E-state index contributed by atoms with van der Waals surface area (Å²) in [5, 5.41) is 13.9. The fourth-order valence-electron chi connectivity index (χ4n) is 3.54. The van der Waals surface area contributed by atoms with Crippen molar-refractivity contribution in [2.45, 2.75) is 38.6 Å². The molecule has 1 heterocycles. The van der Waals surface area contributed by atoms with E-state index in [0.29, 0.717) is 5.92 Å². The van der Waals surface area contributed by atoms with E-state index in [-0.39, 0.29) is 12.1 Å². The van der Waals surface area contributed by atoms with Gasteiger partial charge in [0, 0.05) is 5.39 Å². The fraction of sp³-hybridized carbons (Fsp3) is 0.300. The number of aromatic nitrogens is 2. The number of aromatic amines is 1. The smallest absolute Gasteiger partial charge is 0.319 e. The van der Waals surface area contributed by atoms with Crippen LogP contribution >= 0.6 is 0 Å². The zero-order valence-electron chi connectivity index (χ0n) is 14.5. The number of nitrogens with zero attached hydrogens (tertiary/aromatic N) is 1. The summed E-state index contributed by atoms with van der Waals surface area (Å²) in [5.74, 6) is 0.524. The van der Waals surface area contributed by atoms with Gasteiger partial charge in [-0.3, -0.25) is 5.10 Å². The second-order valence-electron chi connectivity index (χ2n) is 6.94. The van der Waals surface area contributed by atoms with Crippen LogP contribution in [0.5, 0.6) is 0 Å². The van der Waals surface area contributed by atoms with Gasteiger partial charge in [-0.25, -0.2) is 4.79 Å². The van der Waals surface area contributed by atoms with Gasteiger partial charge in [0.1, 0.15) is 0 Å². The van der Waals surface area contributed by atoms with Crippen LogP contribution in [0, 0.1) is 0 Å². The minimum atomic E-state index is -0.181. The highest BCUT2D eigenvalue weighted by Crippen LogP contribution is 2.33. The minimum absolute atomic E-state index is 0.0692. The molecule has 4 rings (SSSR count). The standard InChI is InChI=1S/C20H22N4O/c1-12(2)13-6-8-15-14(10-13)7-9-18(15)23-20(25)22-17-4-3-5-19-16(17)11-21-24-19/h3-6,8,10-12,18H,7,9H2,1-2H3,(H,21,24)(H2,22,23,25). The average Bonchev–Trinajstić information content (AvgIpc) is 3.22. The van der Waals surface area contributed by atoms with Crippen molar-refractivity contribution in [3.05, 3.63) is 59.3 Å². The average molecular weight is 334 g/mol. The highest BCUT2D eigenvalue weighted by molar-refractivity contribution is 6.00. The Kier molecular flexibility index (Phi) is 3.92. The Bertz CT molecular complexity index is 928. The topological polar surface area (TPSA) is 69.8 Å². The molecule has 5 heteroatoms. The highest BCUT2D eigenvalue weighted by atomic mass is 16.2. The van der Waals surface area contributed by atoms with Gasteiger partial charge >= 0.3 is 6.03 Å². The van der Waals surface area contributed by atoms with E-state index in [1.165, 1.54) is 16.7 Å². The largest absolute Gasteiger partial charge is 0.331 e. The molecule has 0 aliphatic heterocycles. The second-order valence-corrected chi connectivity index (χ2v) is 6.94. The first-order valence-electron chi connectivity index (χ1n) is 8.74. The molecule has 3 aromatic rings. The molecule has 1 aliphatic carbocycles. The number of nitrogens with one attached hydrogen (secondary N) is 3. The summed E-state index contributed by atoms with van der Waals surface area (Å²) >= 11 is 0. The molecular weight excluding hydrogens is 312 g/mol. The first kappa shape index (κ1) is 15.7. The predicted octanol–water partition coefficient (Wildman–Crippen LogP) is 4.50. The lowest BCUT2D eigenvalue weighted by molar-refractivity contribution is 0.248. The SMILES string of the molecule is CC(C)c1ccc2c(c1)CCC2NC(=O)Nc1cccc2[nH]ncc12. The van der Waals surface area contributed by atoms with Crippen LogP contribution in [0.2, 0.25) is 0 Å². The summed E-state index contributed by atoms with van der Waals surface area (Å²) < 4.78 is 0. The molecule has 3 N–H and O–H groups in total. The van der Waals surface area contributed by atoms with Gasteiger partial charge in [-0.1, -0.05) is 38.1 Å². The number of amides is 2. The van der Waals surface area contributed by atoms with Gasteiger partial charge in [0.2, 0.25) is 0 Å². The van der Waals surface area contributed by atoms with Gasteiger partial charge in [0.05, 0.1) is 23.4 Å². The third-order valence-electron chi connectivity index (χ3n) is 4.95. The van der Waals surface area contributed by atoms with E-state index in [2.05, 4.69) is 52.9 Å². The first-order chi connectivity index (χ1) is 12.1. The van der Waals surface area contributed by atoms with Crippen molar-refractivity contribution in [1.82, 2.24) is 15.5 Å². The molecule has 0 saturated carbocycles. The molecule has 0 bridgehead atoms. The predicted molar refractivity (Wildman–Crippen MR) is 99.8 cm³/mol. The molecule has 2 aromatic carbocycles. The summed E-state index contributed by atoms with van der Waals surface area (Å²) in [7, 11) is 0. The number of hydrogen-bond acceptors (Lipinski definition) is 2. The van der Waals surface area contributed by atoms with E-state index in [4.69, 9.17) is 0 Å². The van der Waals surface area contributed by atoms with E-state index in [0.717, 1.165) is 29.4 Å². The Morgan fingerprint density at radius 1 is 1.28 bits per heavy atom. The third kappa shape index (κ3) is 2.97. The number of carbonyl (C=O) groups is 1. The molecule has 1 aliphatic rings. The molecule has 1 unspecified atom stereocenters. The molecule has 1 atom stereocenters. The number of rotatable bonds is 3. The molecule has 0 radical (unpaired) electrons. The number of aryl methyl sites for hydroxylation is 1. The van der Waals surface area contributed by atoms with Gasteiger partial charge in [-0.15, -0.1) is 0 Å². The van der Waals surface area contributed by atoms with Crippen molar-refractivity contribution < 1.29 is 4.79 Å². The molecule has 1 aromatic heterocycles. The lowest BCUT2D eigenvalue weighted by atomic mass is 9.98. The van der Waals surface area contributed by atoms with Crippen LogP contribution in [0.15, 0.2) is 42.6 Å². The zero-order chi connectivity index (χ0) is 17.4. The van der Waals surface area contributed by atoms with Crippen LogP contribution in [0.25, 0.3) is 10.9 Å². The van der Waals surface area contributed by atoms with Gasteiger partial charge < -0.3 is 10.6 Å². The number of urea groups is 1. The van der Waals surface area contributed by atoms with Crippen molar-refractivity contribution in [3.8, 4) is 0 Å². The number of H-pyrrole nitrogens is 1. The molecule has 0 saturated heterocycles. The highest BCUT2D eigenvalue weighted by Gasteiger charge is 2.24. The maximum atomic E-state index is 12.5. The summed E-state index contributed by atoms with van der Waals surface area (Å²) in [5.41, 5.74) is 5.62. The van der Waals surface area contributed by atoms with E-state index in [1.54, 1.807) is 6.20 Å². The first-order valence-corrected chi connectivity index (χ1v) is 8.74. The quantitative estimate of drug-likeness (QED) is 0.660. The molecule has 25 heavy (non-hydrogen) atoms. The van der Waals surface area contributed by atoms with Gasteiger partial charge in [0.25, 0.3) is 0 Å². The van der Waals surface area contributed by atoms with Gasteiger partial charge in [-0.05, 0) is 47.6 Å². The maximum Gasteiger partial charge on any atom is 0.319 e. The number of hydrogen-bond donors (Lipinski definition) is 3. The molecule has 2 amide bonds. The maximum absolute atomic E-state index is 12.5. The Balaban J connectivity index is 1.49. The third-order valence-corrected chi connectivity index (χ3v) is 4.95. The Morgan fingerprint density at radius 3 is 3.00 bits per heavy atom. The minimum Gasteiger partial charge on any atom is -0.331 e. The monoisotopic (exact) mass is 334 g/mol. The number of carbonyl (C=O) groups excluding carboxylic acids is 1. The van der Waals surface area contributed by atoms with Crippen LogP contribution in [-0.2, 0) is 6.42 Å². The van der Waals surface area contributed by atoms with Crippen LogP contribution in [0.1, 0.15) is 48.9 Å². The molecule has 5 nitrogen and oxygen atoms in total. The van der Waals surface area contributed by atoms with Crippen molar-refractivity contribution in [1.29, 1.82) is 0 Å². The normalized spacial score (nSPS) is 16.2. The molecule has 0 fully saturated rings. The lowest BCUT2D eigenvalue weighted by Gasteiger charge is -2.16. The van der Waals surface area contributed by atoms with Crippen molar-refractivity contribution in [2.75, 3.05) is 5.32 Å². The summed E-state index contributed by atoms with van der Waals surface area (Å²) in [6.07, 6.45) is 3.68. The molecular formula is C20H22N4O. The second kappa shape index (κ2) is 6.24. The van der Waals surface area contributed by atoms with E-state index in [1.807, 2.05) is 18.2 Å². The van der Waals surface area contributed by atoms with E-state index in [9.17, 15) is 4.79 Å². The van der Waals surface area contributed by atoms with Gasteiger partial charge in [0.15, 0.2) is 0 Å². The van der Waals surface area contributed by atoms with Crippen LogP contribution < -0.4 is 10.6 Å². The summed E-state index contributed by atoms with van der Waals surface area (Å²) in [6, 6.07) is 12.2.